The van der Waals surface area contributed by atoms with Crippen LogP contribution in [0.25, 0.3) is 0 Å². The monoisotopic (exact) mass is 418 g/mol. The summed E-state index contributed by atoms with van der Waals surface area (Å²) in [4.78, 5) is 0. The number of hydrogen-bond acceptors (Lipinski definition) is 10. The first kappa shape index (κ1) is 22.0. The first-order chi connectivity index (χ1) is 11.6. The average Bonchev–Trinajstić information content (AvgIpc) is 2.91. The van der Waals surface area contributed by atoms with E-state index in [0.717, 1.165) is 12.5 Å². The lowest BCUT2D eigenvalue weighted by atomic mass is 10.0. The number of hydrogen-bond donors (Lipinski definition) is 0. The summed E-state index contributed by atoms with van der Waals surface area (Å²) < 4.78 is 78.8. The molecule has 12 heteroatoms. The van der Waals surface area contributed by atoms with Crippen LogP contribution in [-0.2, 0) is 47.5 Å². The van der Waals surface area contributed by atoms with Gasteiger partial charge < -0.3 is 18.9 Å². The van der Waals surface area contributed by atoms with Gasteiger partial charge in [-0.2, -0.15) is 16.8 Å². The first-order valence-corrected chi connectivity index (χ1v) is 11.6. The largest absolute Gasteiger partial charge is 0.348 e. The van der Waals surface area contributed by atoms with Crippen molar-refractivity contribution in [3.05, 3.63) is 0 Å². The van der Waals surface area contributed by atoms with Gasteiger partial charge in [-0.3, -0.25) is 8.37 Å². The van der Waals surface area contributed by atoms with Crippen LogP contribution in [0.3, 0.4) is 0 Å². The molecule has 2 aliphatic heterocycles. The van der Waals surface area contributed by atoms with Crippen molar-refractivity contribution in [2.45, 2.75) is 63.7 Å². The summed E-state index contributed by atoms with van der Waals surface area (Å²) in [6.07, 6.45) is -1.90. The standard InChI is InChI=1S/C14H26O10S2/c1-13(2)19-7-9(21-13)12(24-26(6,17)18)11-10(8-20-25(5,15)16)22-14(3,4)23-11/h9-12H,7-8H2,1-6H3/t9-,10?,11?,12?/m1/s1. The van der Waals surface area contributed by atoms with Crippen molar-refractivity contribution < 1.29 is 44.1 Å². The second-order valence-corrected chi connectivity index (χ2v) is 10.5. The van der Waals surface area contributed by atoms with E-state index in [1.54, 1.807) is 27.7 Å². The van der Waals surface area contributed by atoms with E-state index in [-0.39, 0.29) is 13.2 Å². The zero-order valence-electron chi connectivity index (χ0n) is 15.6. The molecule has 0 radical (unpaired) electrons. The van der Waals surface area contributed by atoms with Crippen LogP contribution in [0, 0.1) is 0 Å². The molecule has 3 unspecified atom stereocenters. The highest BCUT2D eigenvalue weighted by atomic mass is 32.2. The van der Waals surface area contributed by atoms with Gasteiger partial charge in [0.1, 0.15) is 24.4 Å². The normalized spacial score (nSPS) is 32.6. The van der Waals surface area contributed by atoms with Crippen molar-refractivity contribution in [2.75, 3.05) is 25.7 Å². The van der Waals surface area contributed by atoms with Crippen molar-refractivity contribution in [3.8, 4) is 0 Å². The Morgan fingerprint density at radius 1 is 0.962 bits per heavy atom. The summed E-state index contributed by atoms with van der Waals surface area (Å²) in [5.74, 6) is -2.01. The smallest absolute Gasteiger partial charge is 0.264 e. The van der Waals surface area contributed by atoms with Gasteiger partial charge in [0.15, 0.2) is 11.6 Å². The Balaban J connectivity index is 2.27. The molecule has 0 aromatic carbocycles. The number of ether oxygens (including phenoxy) is 4. The van der Waals surface area contributed by atoms with Crippen LogP contribution in [-0.4, -0.2) is 78.6 Å². The van der Waals surface area contributed by atoms with E-state index in [0.29, 0.717) is 0 Å². The van der Waals surface area contributed by atoms with Crippen LogP contribution in [0.2, 0.25) is 0 Å². The van der Waals surface area contributed by atoms with Gasteiger partial charge in [-0.05, 0) is 27.7 Å². The van der Waals surface area contributed by atoms with Gasteiger partial charge in [0.25, 0.3) is 20.2 Å². The Bertz CT molecular complexity index is 712. The third-order valence-corrected chi connectivity index (χ3v) is 4.81. The van der Waals surface area contributed by atoms with Crippen LogP contribution in [0.4, 0.5) is 0 Å². The molecule has 0 spiro atoms. The summed E-state index contributed by atoms with van der Waals surface area (Å²) in [5.41, 5.74) is 0. The number of rotatable bonds is 7. The van der Waals surface area contributed by atoms with E-state index in [1.165, 1.54) is 0 Å². The molecule has 4 atom stereocenters. The van der Waals surface area contributed by atoms with Gasteiger partial charge in [-0.25, -0.2) is 0 Å². The fraction of sp³-hybridized carbons (Fsp3) is 1.00. The van der Waals surface area contributed by atoms with Gasteiger partial charge in [0.05, 0.1) is 25.7 Å². The van der Waals surface area contributed by atoms with Crippen molar-refractivity contribution >= 4 is 20.2 Å². The molecule has 0 N–H and O–H groups in total. The maximum Gasteiger partial charge on any atom is 0.264 e. The van der Waals surface area contributed by atoms with Crippen molar-refractivity contribution in [1.82, 2.24) is 0 Å². The lowest BCUT2D eigenvalue weighted by molar-refractivity contribution is -0.174. The quantitative estimate of drug-likeness (QED) is 0.521. The van der Waals surface area contributed by atoms with Crippen molar-refractivity contribution in [3.63, 3.8) is 0 Å². The Kier molecular flexibility index (Phi) is 6.12. The zero-order chi connectivity index (χ0) is 20.0. The van der Waals surface area contributed by atoms with Crippen LogP contribution >= 0.6 is 0 Å². The SMILES string of the molecule is CC1(C)OC(COS(C)(=O)=O)C(C(OS(C)(=O)=O)[C@H]2COC(C)(C)O2)O1. The Morgan fingerprint density at radius 2 is 1.58 bits per heavy atom. The van der Waals surface area contributed by atoms with Gasteiger partial charge in [0.2, 0.25) is 0 Å². The second kappa shape index (κ2) is 7.24. The first-order valence-electron chi connectivity index (χ1n) is 7.97. The summed E-state index contributed by atoms with van der Waals surface area (Å²) in [5, 5.41) is 0. The molecule has 154 valence electrons. The van der Waals surface area contributed by atoms with Gasteiger partial charge in [-0.15, -0.1) is 0 Å². The molecule has 2 aliphatic rings. The van der Waals surface area contributed by atoms with Crippen molar-refractivity contribution in [1.29, 1.82) is 0 Å². The third kappa shape index (κ3) is 6.37. The van der Waals surface area contributed by atoms with E-state index < -0.39 is 56.2 Å². The van der Waals surface area contributed by atoms with Crippen LogP contribution in [0.1, 0.15) is 27.7 Å². The fourth-order valence-electron chi connectivity index (χ4n) is 2.87. The molecule has 2 saturated heterocycles. The van der Waals surface area contributed by atoms with Gasteiger partial charge in [0, 0.05) is 0 Å². The molecular weight excluding hydrogens is 392 g/mol. The molecule has 10 nitrogen and oxygen atoms in total. The molecular formula is C14H26O10S2. The molecule has 0 aliphatic carbocycles. The predicted octanol–water partition coefficient (Wildman–Crippen LogP) is -0.0210. The van der Waals surface area contributed by atoms with Crippen LogP contribution in [0.5, 0.6) is 0 Å². The van der Waals surface area contributed by atoms with Gasteiger partial charge in [-0.1, -0.05) is 0 Å². The second-order valence-electron chi connectivity index (χ2n) is 7.26. The minimum atomic E-state index is -3.87. The van der Waals surface area contributed by atoms with Crippen LogP contribution in [0.15, 0.2) is 0 Å². The molecule has 2 heterocycles. The summed E-state index contributed by atoms with van der Waals surface area (Å²) in [6.45, 7) is 6.33. The van der Waals surface area contributed by atoms with E-state index in [9.17, 15) is 16.8 Å². The topological polar surface area (TPSA) is 124 Å². The van der Waals surface area contributed by atoms with Gasteiger partial charge >= 0.3 is 0 Å². The summed E-state index contributed by atoms with van der Waals surface area (Å²) in [7, 11) is -7.59. The average molecular weight is 418 g/mol. The van der Waals surface area contributed by atoms with E-state index in [2.05, 4.69) is 0 Å². The summed E-state index contributed by atoms with van der Waals surface area (Å²) in [6, 6.07) is 0. The predicted molar refractivity (Wildman–Crippen MR) is 89.2 cm³/mol. The molecule has 26 heavy (non-hydrogen) atoms. The molecule has 0 aromatic rings. The van der Waals surface area contributed by atoms with E-state index in [4.69, 9.17) is 27.3 Å². The third-order valence-electron chi connectivity index (χ3n) is 3.67. The summed E-state index contributed by atoms with van der Waals surface area (Å²) >= 11 is 0. The highest BCUT2D eigenvalue weighted by molar-refractivity contribution is 7.86. The lowest BCUT2D eigenvalue weighted by Crippen LogP contribution is -2.48. The van der Waals surface area contributed by atoms with Crippen molar-refractivity contribution in [2.24, 2.45) is 0 Å². The zero-order valence-corrected chi connectivity index (χ0v) is 17.3. The molecule has 2 fully saturated rings. The molecule has 0 aromatic heterocycles. The molecule has 2 rings (SSSR count). The highest BCUT2D eigenvalue weighted by Gasteiger charge is 2.52. The lowest BCUT2D eigenvalue weighted by Gasteiger charge is -2.29. The molecule has 0 amide bonds. The van der Waals surface area contributed by atoms with E-state index in [1.807, 2.05) is 0 Å². The Labute approximate surface area is 154 Å². The fourth-order valence-corrected chi connectivity index (χ4v) is 3.89. The Morgan fingerprint density at radius 3 is 2.04 bits per heavy atom. The minimum Gasteiger partial charge on any atom is -0.348 e. The maximum atomic E-state index is 11.8. The van der Waals surface area contributed by atoms with Crippen LogP contribution < -0.4 is 0 Å². The van der Waals surface area contributed by atoms with E-state index >= 15 is 0 Å². The minimum absolute atomic E-state index is 0.0765. The Hall–Kier alpha value is -0.340. The highest BCUT2D eigenvalue weighted by Crippen LogP contribution is 2.36. The molecule has 0 saturated carbocycles. The molecule has 0 bridgehead atoms. The maximum absolute atomic E-state index is 11.8.